The van der Waals surface area contributed by atoms with E-state index in [1.54, 1.807) is 12.1 Å². The van der Waals surface area contributed by atoms with E-state index in [1.165, 1.54) is 0 Å². The molecular formula is C17H12ClNO2. The molecule has 1 heterocycles. The minimum absolute atomic E-state index is 0.139. The summed E-state index contributed by atoms with van der Waals surface area (Å²) in [5.41, 5.74) is 3.43. The van der Waals surface area contributed by atoms with Crippen molar-refractivity contribution in [3.8, 4) is 17.6 Å². The molecule has 1 aliphatic heterocycles. The third-order valence-corrected chi connectivity index (χ3v) is 3.31. The Morgan fingerprint density at radius 2 is 2.00 bits per heavy atom. The van der Waals surface area contributed by atoms with Gasteiger partial charge in [-0.2, -0.15) is 0 Å². The van der Waals surface area contributed by atoms with E-state index in [9.17, 15) is 0 Å². The monoisotopic (exact) mass is 297 g/mol. The molecule has 21 heavy (non-hydrogen) atoms. The first-order chi connectivity index (χ1) is 10.3. The second kappa shape index (κ2) is 6.01. The van der Waals surface area contributed by atoms with Crippen molar-refractivity contribution in [3.63, 3.8) is 0 Å². The summed E-state index contributed by atoms with van der Waals surface area (Å²) in [5, 5.41) is 9.32. The SMILES string of the molecule is OCC#Cc1ccc(C2=Nc3cc(Cl)ccc3OC2)cc1. The van der Waals surface area contributed by atoms with Crippen molar-refractivity contribution in [2.75, 3.05) is 13.2 Å². The van der Waals surface area contributed by atoms with Crippen LogP contribution in [0.2, 0.25) is 5.02 Å². The zero-order valence-electron chi connectivity index (χ0n) is 11.1. The summed E-state index contributed by atoms with van der Waals surface area (Å²) in [6.45, 7) is 0.288. The lowest BCUT2D eigenvalue weighted by Gasteiger charge is -2.17. The highest BCUT2D eigenvalue weighted by molar-refractivity contribution is 6.31. The molecule has 1 N–H and O–H groups in total. The highest BCUT2D eigenvalue weighted by atomic mass is 35.5. The number of fused-ring (bicyclic) bond motifs is 1. The molecule has 0 unspecified atom stereocenters. The number of hydrogen-bond acceptors (Lipinski definition) is 3. The van der Waals surface area contributed by atoms with Crippen LogP contribution in [0.1, 0.15) is 11.1 Å². The number of nitrogens with zero attached hydrogens (tertiary/aromatic N) is 1. The lowest BCUT2D eigenvalue weighted by molar-refractivity contribution is 0.350. The zero-order chi connectivity index (χ0) is 14.7. The van der Waals surface area contributed by atoms with Gasteiger partial charge in [0.15, 0.2) is 0 Å². The van der Waals surface area contributed by atoms with Gasteiger partial charge in [-0.25, -0.2) is 4.99 Å². The van der Waals surface area contributed by atoms with E-state index in [-0.39, 0.29) is 6.61 Å². The van der Waals surface area contributed by atoms with Gasteiger partial charge in [0.1, 0.15) is 24.7 Å². The van der Waals surface area contributed by atoms with Crippen molar-refractivity contribution in [3.05, 3.63) is 58.6 Å². The number of hydrogen-bond donors (Lipinski definition) is 1. The van der Waals surface area contributed by atoms with Crippen LogP contribution in [0.15, 0.2) is 47.5 Å². The third kappa shape index (κ3) is 3.08. The molecule has 0 aromatic heterocycles. The number of aliphatic hydroxyl groups excluding tert-OH is 1. The fourth-order valence-corrected chi connectivity index (χ4v) is 2.23. The molecule has 0 fully saturated rings. The van der Waals surface area contributed by atoms with Gasteiger partial charge in [-0.1, -0.05) is 35.6 Å². The quantitative estimate of drug-likeness (QED) is 0.821. The fourth-order valence-electron chi connectivity index (χ4n) is 2.06. The van der Waals surface area contributed by atoms with Crippen LogP contribution in [-0.4, -0.2) is 24.0 Å². The number of aliphatic hydroxyl groups is 1. The molecule has 3 nitrogen and oxygen atoms in total. The molecule has 104 valence electrons. The predicted molar refractivity (Wildman–Crippen MR) is 83.5 cm³/mol. The molecule has 0 atom stereocenters. The van der Waals surface area contributed by atoms with Gasteiger partial charge in [0.05, 0.1) is 5.71 Å². The molecule has 2 aromatic carbocycles. The summed E-state index contributed by atoms with van der Waals surface area (Å²) in [4.78, 5) is 4.60. The standard InChI is InChI=1S/C17H12ClNO2/c18-14-7-8-17-15(10-14)19-16(11-21-17)13-5-3-12(4-6-13)2-1-9-20/h3-8,10,20H,9,11H2. The van der Waals surface area contributed by atoms with Gasteiger partial charge in [-0.05, 0) is 35.9 Å². The lowest BCUT2D eigenvalue weighted by Crippen LogP contribution is -2.16. The van der Waals surface area contributed by atoms with Crippen molar-refractivity contribution >= 4 is 23.0 Å². The summed E-state index contributed by atoms with van der Waals surface area (Å²) < 4.78 is 5.69. The van der Waals surface area contributed by atoms with Crippen LogP contribution in [0.4, 0.5) is 5.69 Å². The van der Waals surface area contributed by atoms with Crippen molar-refractivity contribution < 1.29 is 9.84 Å². The lowest BCUT2D eigenvalue weighted by atomic mass is 10.1. The van der Waals surface area contributed by atoms with Crippen molar-refractivity contribution in [1.82, 2.24) is 0 Å². The van der Waals surface area contributed by atoms with Gasteiger partial charge < -0.3 is 9.84 Å². The fraction of sp³-hybridized carbons (Fsp3) is 0.118. The van der Waals surface area contributed by atoms with Crippen LogP contribution in [-0.2, 0) is 0 Å². The van der Waals surface area contributed by atoms with Crippen LogP contribution in [0.3, 0.4) is 0 Å². The van der Waals surface area contributed by atoms with Crippen LogP contribution >= 0.6 is 11.6 Å². The van der Waals surface area contributed by atoms with Crippen LogP contribution in [0.5, 0.6) is 5.75 Å². The third-order valence-electron chi connectivity index (χ3n) is 3.07. The Morgan fingerprint density at radius 3 is 2.76 bits per heavy atom. The van der Waals surface area contributed by atoms with Gasteiger partial charge in [0.2, 0.25) is 0 Å². The smallest absolute Gasteiger partial charge is 0.145 e. The summed E-state index contributed by atoms with van der Waals surface area (Å²) >= 11 is 5.98. The van der Waals surface area contributed by atoms with Gasteiger partial charge >= 0.3 is 0 Å². The molecular weight excluding hydrogens is 286 g/mol. The maximum absolute atomic E-state index is 8.68. The Balaban J connectivity index is 1.91. The largest absolute Gasteiger partial charge is 0.485 e. The zero-order valence-corrected chi connectivity index (χ0v) is 11.9. The van der Waals surface area contributed by atoms with Gasteiger partial charge in [-0.15, -0.1) is 0 Å². The second-order valence-corrected chi connectivity index (χ2v) is 4.93. The van der Waals surface area contributed by atoms with E-state index in [0.29, 0.717) is 11.6 Å². The summed E-state index contributed by atoms with van der Waals surface area (Å²) in [7, 11) is 0. The summed E-state index contributed by atoms with van der Waals surface area (Å²) in [5.74, 6) is 6.22. The van der Waals surface area contributed by atoms with Crippen molar-refractivity contribution in [2.24, 2.45) is 4.99 Å². The number of aliphatic imine (C=N–C) groups is 1. The molecule has 0 spiro atoms. The van der Waals surface area contributed by atoms with E-state index in [4.69, 9.17) is 21.4 Å². The van der Waals surface area contributed by atoms with Crippen LogP contribution < -0.4 is 4.74 Å². The first-order valence-electron chi connectivity index (χ1n) is 6.46. The van der Waals surface area contributed by atoms with Gasteiger partial charge in [0, 0.05) is 10.6 Å². The maximum atomic E-state index is 8.68. The van der Waals surface area contributed by atoms with E-state index in [2.05, 4.69) is 16.8 Å². The Kier molecular flexibility index (Phi) is 3.92. The molecule has 0 radical (unpaired) electrons. The maximum Gasteiger partial charge on any atom is 0.145 e. The minimum Gasteiger partial charge on any atom is -0.485 e. The Labute approximate surface area is 127 Å². The van der Waals surface area contributed by atoms with Crippen molar-refractivity contribution in [1.29, 1.82) is 0 Å². The average molecular weight is 298 g/mol. The molecule has 0 saturated carbocycles. The molecule has 0 bridgehead atoms. The second-order valence-electron chi connectivity index (χ2n) is 4.50. The van der Waals surface area contributed by atoms with Gasteiger partial charge in [-0.3, -0.25) is 0 Å². The Morgan fingerprint density at radius 1 is 1.19 bits per heavy atom. The molecule has 1 aliphatic rings. The molecule has 3 rings (SSSR count). The molecule has 4 heteroatoms. The van der Waals surface area contributed by atoms with Gasteiger partial charge in [0.25, 0.3) is 0 Å². The highest BCUT2D eigenvalue weighted by Gasteiger charge is 2.14. The Hall–Kier alpha value is -2.28. The number of rotatable bonds is 1. The normalized spacial score (nSPS) is 12.6. The van der Waals surface area contributed by atoms with Crippen LogP contribution in [0.25, 0.3) is 0 Å². The number of ether oxygens (including phenoxy) is 1. The van der Waals surface area contributed by atoms with Crippen LogP contribution in [0, 0.1) is 11.8 Å². The molecule has 0 amide bonds. The van der Waals surface area contributed by atoms with E-state index in [0.717, 1.165) is 28.3 Å². The van der Waals surface area contributed by atoms with Crippen molar-refractivity contribution in [2.45, 2.75) is 0 Å². The molecule has 2 aromatic rings. The average Bonchev–Trinajstić information content (AvgIpc) is 2.52. The highest BCUT2D eigenvalue weighted by Crippen LogP contribution is 2.33. The first kappa shape index (κ1) is 13.7. The topological polar surface area (TPSA) is 41.8 Å². The first-order valence-corrected chi connectivity index (χ1v) is 6.84. The Bertz CT molecular complexity index is 755. The predicted octanol–water partition coefficient (Wildman–Crippen LogP) is 3.20. The number of benzene rings is 2. The summed E-state index contributed by atoms with van der Waals surface area (Å²) in [6, 6.07) is 13.1. The minimum atomic E-state index is -0.139. The van der Waals surface area contributed by atoms with E-state index < -0.39 is 0 Å². The molecule has 0 saturated heterocycles. The van der Waals surface area contributed by atoms with E-state index >= 15 is 0 Å². The number of halogens is 1. The molecule has 0 aliphatic carbocycles. The van der Waals surface area contributed by atoms with E-state index in [1.807, 2.05) is 30.3 Å². The summed E-state index contributed by atoms with van der Waals surface area (Å²) in [6.07, 6.45) is 0.